The van der Waals surface area contributed by atoms with E-state index >= 15 is 0 Å². The Morgan fingerprint density at radius 1 is 0.605 bits per heavy atom. The van der Waals surface area contributed by atoms with E-state index in [9.17, 15) is 8.42 Å². The lowest BCUT2D eigenvalue weighted by Gasteiger charge is -2.35. The van der Waals surface area contributed by atoms with Crippen molar-refractivity contribution >= 4 is 46.2 Å². The van der Waals surface area contributed by atoms with Crippen LogP contribution in [0.3, 0.4) is 0 Å². The molecular weight excluding hydrogens is 482 g/mol. The van der Waals surface area contributed by atoms with Gasteiger partial charge in [0.1, 0.15) is 7.85 Å². The minimum Gasteiger partial charge on any atom is -0.218 e. The number of hydrogen-bond donors (Lipinski definition) is 0. The van der Waals surface area contributed by atoms with Crippen LogP contribution in [0.25, 0.3) is 22.3 Å². The first-order valence-corrected chi connectivity index (χ1v) is 14.3. The molecule has 2 heterocycles. The first kappa shape index (κ1) is 23.3. The van der Waals surface area contributed by atoms with E-state index < -0.39 is 15.3 Å². The van der Waals surface area contributed by atoms with Crippen molar-refractivity contribution in [2.24, 2.45) is 0 Å². The Morgan fingerprint density at radius 3 is 1.66 bits per heavy atom. The molecule has 0 spiro atoms. The van der Waals surface area contributed by atoms with Gasteiger partial charge in [-0.2, -0.15) is 0 Å². The Balaban J connectivity index is 1.53. The molecule has 0 saturated heterocycles. The first-order chi connectivity index (χ1) is 18.3. The highest BCUT2D eigenvalue weighted by molar-refractivity contribution is 7.91. The Labute approximate surface area is 225 Å². The summed E-state index contributed by atoms with van der Waals surface area (Å²) in [6, 6.07) is 36.8. The average molecular weight is 506 g/mol. The molecule has 5 aromatic rings. The van der Waals surface area contributed by atoms with Crippen molar-refractivity contribution < 1.29 is 8.42 Å². The monoisotopic (exact) mass is 506 g/mol. The van der Waals surface area contributed by atoms with Gasteiger partial charge in [-0.3, -0.25) is 0 Å². The van der Waals surface area contributed by atoms with Gasteiger partial charge < -0.3 is 0 Å². The van der Waals surface area contributed by atoms with Crippen LogP contribution < -0.4 is 21.9 Å². The van der Waals surface area contributed by atoms with Crippen molar-refractivity contribution in [3.8, 4) is 22.3 Å². The first-order valence-electron chi connectivity index (χ1n) is 12.9. The van der Waals surface area contributed by atoms with Crippen molar-refractivity contribution in [1.29, 1.82) is 0 Å². The highest BCUT2D eigenvalue weighted by Gasteiger charge is 2.41. The normalized spacial score (nSPS) is 15.8. The molecular formula is C33H24B2O2S. The van der Waals surface area contributed by atoms with Crippen LogP contribution in [0.1, 0.15) is 25.0 Å². The van der Waals surface area contributed by atoms with Gasteiger partial charge in [0.25, 0.3) is 0 Å². The molecule has 0 aliphatic carbocycles. The van der Waals surface area contributed by atoms with Crippen LogP contribution in [0.4, 0.5) is 0 Å². The molecule has 2 nitrogen and oxygen atoms in total. The van der Waals surface area contributed by atoms with Crippen molar-refractivity contribution in [2.45, 2.75) is 29.1 Å². The molecule has 2 aliphatic heterocycles. The van der Waals surface area contributed by atoms with Crippen LogP contribution in [0.15, 0.2) is 119 Å². The van der Waals surface area contributed by atoms with Gasteiger partial charge in [0.2, 0.25) is 16.6 Å². The minimum absolute atomic E-state index is 0.0548. The molecule has 0 aromatic heterocycles. The molecule has 0 bridgehead atoms. The maximum Gasteiger partial charge on any atom is 0.242 e. The van der Waals surface area contributed by atoms with Crippen molar-refractivity contribution in [1.82, 2.24) is 0 Å². The van der Waals surface area contributed by atoms with E-state index in [1.807, 2.05) is 18.2 Å². The number of fused-ring (bicyclic) bond motifs is 7. The van der Waals surface area contributed by atoms with Gasteiger partial charge in [-0.25, -0.2) is 8.42 Å². The maximum absolute atomic E-state index is 13.7. The second-order valence-corrected chi connectivity index (χ2v) is 12.7. The molecule has 5 heteroatoms. The fourth-order valence-corrected chi connectivity index (χ4v) is 8.39. The molecule has 2 radical (unpaired) electrons. The second-order valence-electron chi connectivity index (χ2n) is 10.8. The van der Waals surface area contributed by atoms with Crippen LogP contribution in [-0.4, -0.2) is 23.0 Å². The topological polar surface area (TPSA) is 34.1 Å². The number of benzene rings is 5. The summed E-state index contributed by atoms with van der Waals surface area (Å²) in [5, 5.41) is 0. The average Bonchev–Trinajstić information content (AvgIpc) is 3.05. The summed E-state index contributed by atoms with van der Waals surface area (Å²) in [5.41, 5.74) is 9.92. The molecule has 38 heavy (non-hydrogen) atoms. The van der Waals surface area contributed by atoms with Gasteiger partial charge in [-0.15, -0.1) is 0 Å². The van der Waals surface area contributed by atoms with Gasteiger partial charge >= 0.3 is 0 Å². The third-order valence-electron chi connectivity index (χ3n) is 8.32. The lowest BCUT2D eigenvalue weighted by molar-refractivity contribution is 0.556. The largest absolute Gasteiger partial charge is 0.242 e. The number of sulfone groups is 1. The fraction of sp³-hybridized carbons (Fsp3) is 0.0909. The molecule has 2 aliphatic rings. The zero-order valence-corrected chi connectivity index (χ0v) is 22.1. The summed E-state index contributed by atoms with van der Waals surface area (Å²) >= 11 is 0. The quantitative estimate of drug-likeness (QED) is 0.315. The fourth-order valence-electron chi connectivity index (χ4n) is 6.45. The lowest BCUT2D eigenvalue weighted by Crippen LogP contribution is -2.53. The van der Waals surface area contributed by atoms with Gasteiger partial charge in [-0.05, 0) is 45.5 Å². The van der Waals surface area contributed by atoms with Crippen molar-refractivity contribution in [2.75, 3.05) is 0 Å². The van der Waals surface area contributed by atoms with E-state index in [0.717, 1.165) is 16.6 Å². The minimum atomic E-state index is -3.66. The Morgan fingerprint density at radius 2 is 1.08 bits per heavy atom. The Kier molecular flexibility index (Phi) is 4.96. The van der Waals surface area contributed by atoms with E-state index in [4.69, 9.17) is 7.85 Å². The lowest BCUT2D eigenvalue weighted by atomic mass is 9.35. The third kappa shape index (κ3) is 3.18. The summed E-state index contributed by atoms with van der Waals surface area (Å²) in [4.78, 5) is 0.722. The SMILES string of the molecule is [B]c1ccc2c(c1)C(C)(C)c1cc(B3c4ccccc4-c4ccccc4-c4ccccc43)ccc1S2(=O)=O. The molecule has 5 aromatic carbocycles. The Hall–Kier alpha value is -3.82. The summed E-state index contributed by atoms with van der Waals surface area (Å²) in [6.07, 6.45) is 0. The molecule has 0 fully saturated rings. The number of rotatable bonds is 1. The predicted molar refractivity (Wildman–Crippen MR) is 158 cm³/mol. The zero-order valence-electron chi connectivity index (χ0n) is 21.3. The smallest absolute Gasteiger partial charge is 0.218 e. The molecule has 0 unspecified atom stereocenters. The van der Waals surface area contributed by atoms with Crippen molar-refractivity contribution in [3.05, 3.63) is 120 Å². The Bertz CT molecular complexity index is 1820. The van der Waals surface area contributed by atoms with Crippen LogP contribution in [0, 0.1) is 0 Å². The molecule has 0 N–H and O–H groups in total. The second kappa shape index (κ2) is 8.09. The highest BCUT2D eigenvalue weighted by atomic mass is 32.2. The third-order valence-corrected chi connectivity index (χ3v) is 10.2. The summed E-state index contributed by atoms with van der Waals surface area (Å²) in [7, 11) is 2.46. The van der Waals surface area contributed by atoms with Gasteiger partial charge in [0, 0.05) is 5.41 Å². The molecule has 0 amide bonds. The molecule has 7 rings (SSSR count). The van der Waals surface area contributed by atoms with Gasteiger partial charge in [0.05, 0.1) is 9.79 Å². The molecule has 0 saturated carbocycles. The van der Waals surface area contributed by atoms with E-state index in [-0.39, 0.29) is 6.71 Å². The van der Waals surface area contributed by atoms with Crippen LogP contribution >= 0.6 is 0 Å². The van der Waals surface area contributed by atoms with Crippen LogP contribution in [0.2, 0.25) is 0 Å². The van der Waals surface area contributed by atoms with Gasteiger partial charge in [-0.1, -0.05) is 133 Å². The van der Waals surface area contributed by atoms with E-state index in [1.54, 1.807) is 12.1 Å². The number of hydrogen-bond acceptors (Lipinski definition) is 2. The van der Waals surface area contributed by atoms with E-state index in [2.05, 4.69) is 92.7 Å². The summed E-state index contributed by atoms with van der Waals surface area (Å²) in [6.45, 7) is 4.13. The summed E-state index contributed by atoms with van der Waals surface area (Å²) < 4.78 is 27.5. The van der Waals surface area contributed by atoms with Crippen LogP contribution in [-0.2, 0) is 15.3 Å². The van der Waals surface area contributed by atoms with Crippen molar-refractivity contribution in [3.63, 3.8) is 0 Å². The zero-order chi connectivity index (χ0) is 26.2. The van der Waals surface area contributed by atoms with Crippen LogP contribution in [0.5, 0.6) is 0 Å². The molecule has 0 atom stereocenters. The van der Waals surface area contributed by atoms with E-state index in [0.29, 0.717) is 15.3 Å². The summed E-state index contributed by atoms with van der Waals surface area (Å²) in [5.74, 6) is 0. The standard InChI is InChI=1S/C33H24B2O2S/c1-33(2)27-19-21(34)15-17-31(27)38(36,37)32-18-16-22(20-28(32)33)35-29-13-7-5-11-25(29)23-9-3-4-10-24(23)26-12-6-8-14-30(26)35/h3-20H,1-2H3. The predicted octanol–water partition coefficient (Wildman–Crippen LogP) is 4.12. The molecule has 180 valence electrons. The maximum atomic E-state index is 13.7. The highest BCUT2D eigenvalue weighted by Crippen LogP contribution is 2.45. The van der Waals surface area contributed by atoms with E-state index in [1.165, 1.54) is 33.2 Å². The van der Waals surface area contributed by atoms with Gasteiger partial charge in [0.15, 0.2) is 0 Å².